The summed E-state index contributed by atoms with van der Waals surface area (Å²) in [6, 6.07) is 3.48. The van der Waals surface area contributed by atoms with Gasteiger partial charge in [-0.2, -0.15) is 0 Å². The van der Waals surface area contributed by atoms with Gasteiger partial charge in [0.05, 0.1) is 6.54 Å². The Morgan fingerprint density at radius 2 is 2.21 bits per heavy atom. The van der Waals surface area contributed by atoms with Crippen LogP contribution in [0.25, 0.3) is 0 Å². The van der Waals surface area contributed by atoms with Crippen molar-refractivity contribution in [3.63, 3.8) is 0 Å². The van der Waals surface area contributed by atoms with Crippen molar-refractivity contribution in [2.24, 2.45) is 0 Å². The van der Waals surface area contributed by atoms with E-state index in [0.29, 0.717) is 0 Å². The number of pyridine rings is 1. The van der Waals surface area contributed by atoms with E-state index in [9.17, 15) is 4.79 Å². The molecule has 0 spiro atoms. The fourth-order valence-corrected chi connectivity index (χ4v) is 2.31. The number of carboxylic acids is 1. The molecule has 0 radical (unpaired) electrons. The maximum Gasteiger partial charge on any atom is 0.354 e. The molecule has 1 aliphatic rings. The molecular weight excluding hydrogens is 244 g/mol. The summed E-state index contributed by atoms with van der Waals surface area (Å²) in [4.78, 5) is 21.3. The predicted octanol–water partition coefficient (Wildman–Crippen LogP) is 0.992. The van der Waals surface area contributed by atoms with Crippen LogP contribution in [0.4, 0.5) is 0 Å². The van der Waals surface area contributed by atoms with Gasteiger partial charge in [-0.25, -0.2) is 14.8 Å². The maximum atomic E-state index is 10.9. The van der Waals surface area contributed by atoms with Crippen molar-refractivity contribution in [1.82, 2.24) is 19.4 Å². The van der Waals surface area contributed by atoms with Gasteiger partial charge in [0.2, 0.25) is 0 Å². The number of nitrogens with zero attached hydrogens (tertiary/aromatic N) is 4. The number of rotatable bonds is 3. The number of hydrogen-bond acceptors (Lipinski definition) is 4. The summed E-state index contributed by atoms with van der Waals surface area (Å²) in [5.41, 5.74) is 1.06. The van der Waals surface area contributed by atoms with Crippen LogP contribution in [0.1, 0.15) is 21.9 Å². The average Bonchev–Trinajstić information content (AvgIpc) is 2.86. The number of aromatic carboxylic acids is 1. The minimum atomic E-state index is -0.990. The second kappa shape index (κ2) is 4.81. The van der Waals surface area contributed by atoms with Gasteiger partial charge in [0.25, 0.3) is 0 Å². The average molecular weight is 258 g/mol. The van der Waals surface area contributed by atoms with E-state index in [2.05, 4.69) is 19.4 Å². The van der Waals surface area contributed by atoms with Gasteiger partial charge in [-0.15, -0.1) is 0 Å². The molecule has 0 unspecified atom stereocenters. The van der Waals surface area contributed by atoms with E-state index in [1.165, 1.54) is 0 Å². The molecule has 2 aromatic rings. The SMILES string of the molecule is O=C(O)c1cc(CN2CCn3ccnc3C2)ccn1. The summed E-state index contributed by atoms with van der Waals surface area (Å²) in [6.07, 6.45) is 5.35. The van der Waals surface area contributed by atoms with E-state index < -0.39 is 5.97 Å². The normalized spacial score (nSPS) is 15.2. The van der Waals surface area contributed by atoms with E-state index in [1.54, 1.807) is 12.3 Å². The predicted molar refractivity (Wildman–Crippen MR) is 67.5 cm³/mol. The molecule has 98 valence electrons. The van der Waals surface area contributed by atoms with Crippen molar-refractivity contribution in [2.45, 2.75) is 19.6 Å². The van der Waals surface area contributed by atoms with E-state index >= 15 is 0 Å². The monoisotopic (exact) mass is 258 g/mol. The molecular formula is C13H14N4O2. The van der Waals surface area contributed by atoms with Gasteiger partial charge in [-0.1, -0.05) is 0 Å². The van der Waals surface area contributed by atoms with Crippen molar-refractivity contribution in [3.05, 3.63) is 47.8 Å². The molecule has 19 heavy (non-hydrogen) atoms. The zero-order valence-electron chi connectivity index (χ0n) is 10.4. The Morgan fingerprint density at radius 1 is 1.32 bits per heavy atom. The summed E-state index contributed by atoms with van der Waals surface area (Å²) in [5, 5.41) is 8.93. The summed E-state index contributed by atoms with van der Waals surface area (Å²) in [5.74, 6) is 0.0646. The van der Waals surface area contributed by atoms with Gasteiger partial charge in [-0.3, -0.25) is 4.90 Å². The summed E-state index contributed by atoms with van der Waals surface area (Å²) in [7, 11) is 0. The van der Waals surface area contributed by atoms with Gasteiger partial charge in [-0.05, 0) is 17.7 Å². The van der Waals surface area contributed by atoms with Crippen LogP contribution in [0.3, 0.4) is 0 Å². The Kier molecular flexibility index (Phi) is 3.00. The van der Waals surface area contributed by atoms with Crippen LogP contribution >= 0.6 is 0 Å². The van der Waals surface area contributed by atoms with E-state index in [-0.39, 0.29) is 5.69 Å². The minimum Gasteiger partial charge on any atom is -0.477 e. The fraction of sp³-hybridized carbons (Fsp3) is 0.308. The molecule has 0 saturated heterocycles. The van der Waals surface area contributed by atoms with Crippen LogP contribution in [0.2, 0.25) is 0 Å². The van der Waals surface area contributed by atoms with Crippen molar-refractivity contribution < 1.29 is 9.90 Å². The van der Waals surface area contributed by atoms with Crippen LogP contribution in [0.5, 0.6) is 0 Å². The fourth-order valence-electron chi connectivity index (χ4n) is 2.31. The van der Waals surface area contributed by atoms with E-state index in [4.69, 9.17) is 5.11 Å². The topological polar surface area (TPSA) is 71.2 Å². The number of carbonyl (C=O) groups is 1. The molecule has 1 N–H and O–H groups in total. The summed E-state index contributed by atoms with van der Waals surface area (Å²) in [6.45, 7) is 3.37. The highest BCUT2D eigenvalue weighted by Crippen LogP contribution is 2.14. The zero-order valence-corrected chi connectivity index (χ0v) is 10.4. The minimum absolute atomic E-state index is 0.0935. The first-order valence-electron chi connectivity index (χ1n) is 6.13. The molecule has 0 saturated carbocycles. The number of fused-ring (bicyclic) bond motifs is 1. The number of hydrogen-bond donors (Lipinski definition) is 1. The second-order valence-electron chi connectivity index (χ2n) is 4.60. The number of imidazole rings is 1. The lowest BCUT2D eigenvalue weighted by Gasteiger charge is -2.27. The Bertz CT molecular complexity index is 608. The molecule has 3 heterocycles. The molecule has 3 rings (SSSR count). The first kappa shape index (κ1) is 11.9. The molecule has 0 amide bonds. The molecule has 0 aromatic carbocycles. The van der Waals surface area contributed by atoms with Gasteiger partial charge >= 0.3 is 5.97 Å². The van der Waals surface area contributed by atoms with Crippen LogP contribution in [-0.4, -0.2) is 37.1 Å². The van der Waals surface area contributed by atoms with Gasteiger partial charge < -0.3 is 9.67 Å². The third kappa shape index (κ3) is 2.48. The quantitative estimate of drug-likeness (QED) is 0.889. The third-order valence-corrected chi connectivity index (χ3v) is 3.27. The highest BCUT2D eigenvalue weighted by Gasteiger charge is 2.17. The highest BCUT2D eigenvalue weighted by molar-refractivity contribution is 5.85. The van der Waals surface area contributed by atoms with Crippen molar-refractivity contribution in [1.29, 1.82) is 0 Å². The molecule has 1 aliphatic heterocycles. The van der Waals surface area contributed by atoms with Crippen molar-refractivity contribution in [3.8, 4) is 0 Å². The largest absolute Gasteiger partial charge is 0.477 e. The van der Waals surface area contributed by atoms with E-state index in [1.807, 2.05) is 18.5 Å². The molecule has 0 bridgehead atoms. The first-order chi connectivity index (χ1) is 9.22. The lowest BCUT2D eigenvalue weighted by Crippen LogP contribution is -2.33. The van der Waals surface area contributed by atoms with Crippen LogP contribution in [0, 0.1) is 0 Å². The Labute approximate surface area is 110 Å². The van der Waals surface area contributed by atoms with Crippen LogP contribution < -0.4 is 0 Å². The Hall–Kier alpha value is -2.21. The lowest BCUT2D eigenvalue weighted by atomic mass is 10.2. The van der Waals surface area contributed by atoms with Crippen LogP contribution in [0.15, 0.2) is 30.7 Å². The van der Waals surface area contributed by atoms with Crippen molar-refractivity contribution >= 4 is 5.97 Å². The Balaban J connectivity index is 1.72. The van der Waals surface area contributed by atoms with Gasteiger partial charge in [0.15, 0.2) is 0 Å². The van der Waals surface area contributed by atoms with Gasteiger partial charge in [0, 0.05) is 38.2 Å². The number of aromatic nitrogens is 3. The summed E-state index contributed by atoms with van der Waals surface area (Å²) < 4.78 is 2.14. The first-order valence-corrected chi connectivity index (χ1v) is 6.13. The molecule has 0 fully saturated rings. The lowest BCUT2D eigenvalue weighted by molar-refractivity contribution is 0.0690. The standard InChI is InChI=1S/C13H14N4O2/c18-13(19)11-7-10(1-2-14-11)8-16-5-6-17-4-3-15-12(17)9-16/h1-4,7H,5-6,8-9H2,(H,18,19). The highest BCUT2D eigenvalue weighted by atomic mass is 16.4. The number of carboxylic acid groups (broad SMARTS) is 1. The molecule has 0 atom stereocenters. The third-order valence-electron chi connectivity index (χ3n) is 3.27. The maximum absolute atomic E-state index is 10.9. The molecule has 6 nitrogen and oxygen atoms in total. The molecule has 6 heteroatoms. The molecule has 0 aliphatic carbocycles. The molecule has 2 aromatic heterocycles. The second-order valence-corrected chi connectivity index (χ2v) is 4.60. The van der Waals surface area contributed by atoms with Crippen LogP contribution in [-0.2, 0) is 19.6 Å². The van der Waals surface area contributed by atoms with Crippen molar-refractivity contribution in [2.75, 3.05) is 6.54 Å². The smallest absolute Gasteiger partial charge is 0.354 e. The Morgan fingerprint density at radius 3 is 3.05 bits per heavy atom. The van der Waals surface area contributed by atoms with Gasteiger partial charge in [0.1, 0.15) is 11.5 Å². The summed E-state index contributed by atoms with van der Waals surface area (Å²) >= 11 is 0. The zero-order chi connectivity index (χ0) is 13.2. The van der Waals surface area contributed by atoms with E-state index in [0.717, 1.165) is 37.6 Å².